The fourth-order valence-electron chi connectivity index (χ4n) is 1.54. The topological polar surface area (TPSA) is 23.8 Å². The Hall–Kier alpha value is -1.56. The standard InChI is InChI=1S/C13H6Cl2FN/c14-11-6-2-4-9(12(11)15)10-5-1-3-8(7-17)13(10)16/h1-6H. The van der Waals surface area contributed by atoms with E-state index in [2.05, 4.69) is 0 Å². The molecule has 0 aromatic heterocycles. The molecule has 17 heavy (non-hydrogen) atoms. The third-order valence-corrected chi connectivity index (χ3v) is 3.18. The minimum atomic E-state index is -0.584. The zero-order chi connectivity index (χ0) is 12.4. The lowest BCUT2D eigenvalue weighted by molar-refractivity contribution is 0.627. The first-order valence-electron chi connectivity index (χ1n) is 4.78. The van der Waals surface area contributed by atoms with Crippen LogP contribution < -0.4 is 0 Å². The molecule has 0 saturated carbocycles. The lowest BCUT2D eigenvalue weighted by Crippen LogP contribution is -1.90. The number of nitriles is 1. The van der Waals surface area contributed by atoms with Gasteiger partial charge >= 0.3 is 0 Å². The molecule has 0 aliphatic rings. The van der Waals surface area contributed by atoms with E-state index in [1.807, 2.05) is 0 Å². The molecule has 2 aromatic carbocycles. The van der Waals surface area contributed by atoms with E-state index < -0.39 is 5.82 Å². The summed E-state index contributed by atoms with van der Waals surface area (Å²) in [6.07, 6.45) is 0. The Morgan fingerprint density at radius 3 is 2.35 bits per heavy atom. The normalized spacial score (nSPS) is 10.0. The van der Waals surface area contributed by atoms with E-state index in [1.54, 1.807) is 36.4 Å². The van der Waals surface area contributed by atoms with Crippen molar-refractivity contribution in [1.29, 1.82) is 5.26 Å². The van der Waals surface area contributed by atoms with Crippen molar-refractivity contribution in [1.82, 2.24) is 0 Å². The number of rotatable bonds is 1. The lowest BCUT2D eigenvalue weighted by Gasteiger charge is -2.07. The molecule has 4 heteroatoms. The molecule has 0 aliphatic carbocycles. The van der Waals surface area contributed by atoms with Gasteiger partial charge in [-0.1, -0.05) is 47.5 Å². The van der Waals surface area contributed by atoms with Crippen LogP contribution in [0.2, 0.25) is 10.0 Å². The van der Waals surface area contributed by atoms with Crippen molar-refractivity contribution in [2.75, 3.05) is 0 Å². The maximum atomic E-state index is 13.9. The molecule has 2 aromatic rings. The largest absolute Gasteiger partial charge is 0.205 e. The van der Waals surface area contributed by atoms with Gasteiger partial charge in [0.25, 0.3) is 0 Å². The Morgan fingerprint density at radius 1 is 1.00 bits per heavy atom. The highest BCUT2D eigenvalue weighted by molar-refractivity contribution is 6.43. The average Bonchev–Trinajstić information content (AvgIpc) is 2.33. The summed E-state index contributed by atoms with van der Waals surface area (Å²) in [5.41, 5.74) is 0.740. The quantitative estimate of drug-likeness (QED) is 0.735. The smallest absolute Gasteiger partial charge is 0.148 e. The second kappa shape index (κ2) is 4.75. The van der Waals surface area contributed by atoms with Gasteiger partial charge in [-0.3, -0.25) is 0 Å². The summed E-state index contributed by atoms with van der Waals surface area (Å²) < 4.78 is 13.9. The molecule has 2 rings (SSSR count). The summed E-state index contributed by atoms with van der Waals surface area (Å²) in [4.78, 5) is 0. The molecular formula is C13H6Cl2FN. The molecule has 0 aliphatic heterocycles. The summed E-state index contributed by atoms with van der Waals surface area (Å²) >= 11 is 11.9. The zero-order valence-electron chi connectivity index (χ0n) is 8.55. The van der Waals surface area contributed by atoms with Gasteiger partial charge in [0, 0.05) is 11.1 Å². The van der Waals surface area contributed by atoms with Crippen LogP contribution in [0.1, 0.15) is 5.56 Å². The number of benzene rings is 2. The molecule has 0 fully saturated rings. The monoisotopic (exact) mass is 265 g/mol. The van der Waals surface area contributed by atoms with Crippen LogP contribution in [0.5, 0.6) is 0 Å². The SMILES string of the molecule is N#Cc1cccc(-c2cccc(Cl)c2Cl)c1F. The molecule has 0 bridgehead atoms. The van der Waals surface area contributed by atoms with Gasteiger partial charge in [0.15, 0.2) is 0 Å². The van der Waals surface area contributed by atoms with Crippen LogP contribution in [-0.4, -0.2) is 0 Å². The maximum absolute atomic E-state index is 13.9. The van der Waals surface area contributed by atoms with Crippen molar-refractivity contribution >= 4 is 23.2 Å². The van der Waals surface area contributed by atoms with Crippen LogP contribution in [0.3, 0.4) is 0 Å². The third kappa shape index (κ3) is 2.12. The lowest BCUT2D eigenvalue weighted by atomic mass is 10.0. The van der Waals surface area contributed by atoms with Gasteiger partial charge in [0.1, 0.15) is 11.9 Å². The molecule has 1 nitrogen and oxygen atoms in total. The summed E-state index contributed by atoms with van der Waals surface area (Å²) in [6.45, 7) is 0. The summed E-state index contributed by atoms with van der Waals surface area (Å²) in [5, 5.41) is 9.40. The van der Waals surface area contributed by atoms with Crippen LogP contribution in [0, 0.1) is 17.1 Å². The van der Waals surface area contributed by atoms with E-state index in [4.69, 9.17) is 28.5 Å². The van der Waals surface area contributed by atoms with Gasteiger partial charge in [0.2, 0.25) is 0 Å². The van der Waals surface area contributed by atoms with E-state index in [0.29, 0.717) is 10.6 Å². The summed E-state index contributed by atoms with van der Waals surface area (Å²) in [5.74, 6) is -0.584. The van der Waals surface area contributed by atoms with Gasteiger partial charge in [-0.2, -0.15) is 5.26 Å². The van der Waals surface area contributed by atoms with Gasteiger partial charge in [-0.05, 0) is 12.1 Å². The highest BCUT2D eigenvalue weighted by atomic mass is 35.5. The Morgan fingerprint density at radius 2 is 1.65 bits per heavy atom. The van der Waals surface area contributed by atoms with Gasteiger partial charge in [-0.25, -0.2) is 4.39 Å². The molecule has 0 spiro atoms. The van der Waals surface area contributed by atoms with Crippen LogP contribution in [0.25, 0.3) is 11.1 Å². The van der Waals surface area contributed by atoms with Crippen molar-refractivity contribution in [3.05, 3.63) is 57.8 Å². The molecular weight excluding hydrogens is 260 g/mol. The average molecular weight is 266 g/mol. The fraction of sp³-hybridized carbons (Fsp3) is 0. The number of nitrogens with zero attached hydrogens (tertiary/aromatic N) is 1. The molecule has 0 atom stereocenters. The second-order valence-corrected chi connectivity index (χ2v) is 4.17. The van der Waals surface area contributed by atoms with Crippen molar-refractivity contribution in [2.45, 2.75) is 0 Å². The minimum Gasteiger partial charge on any atom is -0.205 e. The molecule has 0 amide bonds. The highest BCUT2D eigenvalue weighted by Gasteiger charge is 2.13. The molecule has 0 N–H and O–H groups in total. The predicted molar refractivity (Wildman–Crippen MR) is 66.6 cm³/mol. The Labute approximate surface area is 108 Å². The minimum absolute atomic E-state index is 0.0152. The van der Waals surface area contributed by atoms with Gasteiger partial charge in [-0.15, -0.1) is 0 Å². The first kappa shape index (κ1) is 11.9. The second-order valence-electron chi connectivity index (χ2n) is 3.38. The third-order valence-electron chi connectivity index (χ3n) is 2.36. The summed E-state index contributed by atoms with van der Waals surface area (Å²) in [7, 11) is 0. The highest BCUT2D eigenvalue weighted by Crippen LogP contribution is 2.35. The van der Waals surface area contributed by atoms with E-state index >= 15 is 0 Å². The zero-order valence-corrected chi connectivity index (χ0v) is 10.1. The van der Waals surface area contributed by atoms with Crippen LogP contribution >= 0.6 is 23.2 Å². The van der Waals surface area contributed by atoms with E-state index in [9.17, 15) is 4.39 Å². The Bertz CT molecular complexity index is 617. The number of hydrogen-bond donors (Lipinski definition) is 0. The molecule has 0 heterocycles. The molecule has 0 saturated heterocycles. The van der Waals surface area contributed by atoms with Crippen molar-refractivity contribution in [2.24, 2.45) is 0 Å². The first-order chi connectivity index (χ1) is 8.15. The van der Waals surface area contributed by atoms with E-state index in [0.717, 1.165) is 0 Å². The first-order valence-corrected chi connectivity index (χ1v) is 5.53. The molecule has 0 unspecified atom stereocenters. The van der Waals surface area contributed by atoms with Crippen LogP contribution in [0.4, 0.5) is 4.39 Å². The maximum Gasteiger partial charge on any atom is 0.148 e. The predicted octanol–water partition coefficient (Wildman–Crippen LogP) is 4.67. The molecule has 0 radical (unpaired) electrons. The van der Waals surface area contributed by atoms with Crippen LogP contribution in [-0.2, 0) is 0 Å². The van der Waals surface area contributed by atoms with Crippen molar-refractivity contribution in [3.8, 4) is 17.2 Å². The Balaban J connectivity index is 2.70. The van der Waals surface area contributed by atoms with Crippen molar-refractivity contribution < 1.29 is 4.39 Å². The van der Waals surface area contributed by atoms with Crippen molar-refractivity contribution in [3.63, 3.8) is 0 Å². The number of hydrogen-bond acceptors (Lipinski definition) is 1. The van der Waals surface area contributed by atoms with Gasteiger partial charge < -0.3 is 0 Å². The summed E-state index contributed by atoms with van der Waals surface area (Å²) in [6, 6.07) is 11.3. The van der Waals surface area contributed by atoms with E-state index in [1.165, 1.54) is 6.07 Å². The fourth-order valence-corrected chi connectivity index (χ4v) is 1.94. The Kier molecular flexibility index (Phi) is 3.33. The number of halogens is 3. The van der Waals surface area contributed by atoms with Crippen LogP contribution in [0.15, 0.2) is 36.4 Å². The van der Waals surface area contributed by atoms with E-state index in [-0.39, 0.29) is 16.1 Å². The van der Waals surface area contributed by atoms with Gasteiger partial charge in [0.05, 0.1) is 15.6 Å². The molecule has 84 valence electrons.